The van der Waals surface area contributed by atoms with Crippen molar-refractivity contribution in [1.29, 1.82) is 0 Å². The van der Waals surface area contributed by atoms with Crippen LogP contribution in [0.2, 0.25) is 0 Å². The highest BCUT2D eigenvalue weighted by molar-refractivity contribution is 7.09. The van der Waals surface area contributed by atoms with Gasteiger partial charge in [-0.15, -0.1) is 23.7 Å². The molecule has 1 N–H and O–H groups in total. The number of thiophene rings is 1. The van der Waals surface area contributed by atoms with Crippen LogP contribution < -0.4 is 5.32 Å². The number of nitrogens with one attached hydrogen (secondary N) is 1. The molecule has 74 valence electrons. The van der Waals surface area contributed by atoms with Crippen LogP contribution in [0.5, 0.6) is 0 Å². The van der Waals surface area contributed by atoms with Gasteiger partial charge < -0.3 is 4.74 Å². The summed E-state index contributed by atoms with van der Waals surface area (Å²) in [5.41, 5.74) is -0.120. The van der Waals surface area contributed by atoms with E-state index in [0.29, 0.717) is 0 Å². The van der Waals surface area contributed by atoms with Crippen LogP contribution in [0.25, 0.3) is 0 Å². The van der Waals surface area contributed by atoms with Crippen LogP contribution in [0.1, 0.15) is 11.8 Å². The normalized spacial score (nSPS) is 27.2. The fraction of sp³-hybridized carbons (Fsp3) is 0.556. The molecule has 1 atom stereocenters. The van der Waals surface area contributed by atoms with Gasteiger partial charge in [0.1, 0.15) is 5.72 Å². The highest BCUT2D eigenvalue weighted by Crippen LogP contribution is 2.20. The maximum Gasteiger partial charge on any atom is 0.121 e. The van der Waals surface area contributed by atoms with E-state index in [4.69, 9.17) is 4.74 Å². The zero-order valence-corrected chi connectivity index (χ0v) is 9.21. The van der Waals surface area contributed by atoms with Crippen LogP contribution in [0.3, 0.4) is 0 Å². The molecule has 2 rings (SSSR count). The molecule has 0 amide bonds. The van der Waals surface area contributed by atoms with Gasteiger partial charge in [-0.3, -0.25) is 5.32 Å². The van der Waals surface area contributed by atoms with Crippen LogP contribution in [-0.2, 0) is 11.2 Å². The Bertz CT molecular complexity index is 244. The molecule has 2 heterocycles. The smallest absolute Gasteiger partial charge is 0.121 e. The van der Waals surface area contributed by atoms with E-state index < -0.39 is 0 Å². The van der Waals surface area contributed by atoms with Gasteiger partial charge in [-0.1, -0.05) is 6.07 Å². The number of hydrogen-bond acceptors (Lipinski definition) is 3. The number of ether oxygens (including phenoxy) is 1. The molecule has 1 aliphatic heterocycles. The second kappa shape index (κ2) is 4.42. The molecule has 13 heavy (non-hydrogen) atoms. The summed E-state index contributed by atoms with van der Waals surface area (Å²) in [6, 6.07) is 4.23. The highest BCUT2D eigenvalue weighted by Gasteiger charge is 2.29. The minimum atomic E-state index is -0.120. The van der Waals surface area contributed by atoms with Crippen LogP contribution in [0.4, 0.5) is 0 Å². The maximum absolute atomic E-state index is 5.61. The molecule has 1 aliphatic rings. The van der Waals surface area contributed by atoms with Crippen molar-refractivity contribution in [2.24, 2.45) is 0 Å². The Balaban J connectivity index is 0.000000845. The number of hydrogen-bond donors (Lipinski definition) is 1. The minimum absolute atomic E-state index is 0. The Morgan fingerprint density at radius 2 is 2.54 bits per heavy atom. The summed E-state index contributed by atoms with van der Waals surface area (Å²) in [5.74, 6) is 0. The lowest BCUT2D eigenvalue weighted by Gasteiger charge is -2.22. The molecule has 2 nitrogen and oxygen atoms in total. The van der Waals surface area contributed by atoms with Gasteiger partial charge in [-0.2, -0.15) is 0 Å². The SMILES string of the molecule is CC1(Cc2cccs2)NCCO1.Cl. The van der Waals surface area contributed by atoms with Gasteiger partial charge in [-0.25, -0.2) is 0 Å². The molecule has 1 fully saturated rings. The van der Waals surface area contributed by atoms with Crippen molar-refractivity contribution in [2.75, 3.05) is 13.2 Å². The molecule has 0 spiro atoms. The first kappa shape index (κ1) is 11.0. The molecule has 1 unspecified atom stereocenters. The topological polar surface area (TPSA) is 21.3 Å². The average Bonchev–Trinajstić information content (AvgIpc) is 2.62. The summed E-state index contributed by atoms with van der Waals surface area (Å²) in [6.07, 6.45) is 0.977. The molecular formula is C9H14ClNOS. The van der Waals surface area contributed by atoms with Crippen LogP contribution in [0, 0.1) is 0 Å². The summed E-state index contributed by atoms with van der Waals surface area (Å²) < 4.78 is 5.61. The first-order valence-electron chi connectivity index (χ1n) is 4.20. The summed E-state index contributed by atoms with van der Waals surface area (Å²) in [5, 5.41) is 5.46. The van der Waals surface area contributed by atoms with E-state index in [1.165, 1.54) is 4.88 Å². The minimum Gasteiger partial charge on any atom is -0.359 e. The van der Waals surface area contributed by atoms with Crippen LogP contribution in [-0.4, -0.2) is 18.9 Å². The summed E-state index contributed by atoms with van der Waals surface area (Å²) in [6.45, 7) is 3.92. The first-order chi connectivity index (χ1) is 5.79. The van der Waals surface area contributed by atoms with E-state index in [2.05, 4.69) is 29.8 Å². The van der Waals surface area contributed by atoms with E-state index in [0.717, 1.165) is 19.6 Å². The van der Waals surface area contributed by atoms with Crippen molar-refractivity contribution in [3.05, 3.63) is 22.4 Å². The van der Waals surface area contributed by atoms with Gasteiger partial charge in [0, 0.05) is 17.8 Å². The second-order valence-electron chi connectivity index (χ2n) is 3.26. The molecule has 4 heteroatoms. The van der Waals surface area contributed by atoms with Gasteiger partial charge >= 0.3 is 0 Å². The predicted octanol–water partition coefficient (Wildman–Crippen LogP) is 2.05. The third-order valence-corrected chi connectivity index (χ3v) is 2.99. The Labute approximate surface area is 88.7 Å². The summed E-state index contributed by atoms with van der Waals surface area (Å²) >= 11 is 1.79. The van der Waals surface area contributed by atoms with Gasteiger partial charge in [0.25, 0.3) is 0 Å². The fourth-order valence-corrected chi connectivity index (χ4v) is 2.35. The number of halogens is 1. The summed E-state index contributed by atoms with van der Waals surface area (Å²) in [7, 11) is 0. The maximum atomic E-state index is 5.61. The van der Waals surface area contributed by atoms with Crippen molar-refractivity contribution in [3.63, 3.8) is 0 Å². The standard InChI is InChI=1S/C9H13NOS.ClH/c1-9(10-4-5-11-9)7-8-3-2-6-12-8;/h2-3,6,10H,4-5,7H2,1H3;1H. The van der Waals surface area contributed by atoms with Crippen molar-refractivity contribution in [2.45, 2.75) is 19.1 Å². The predicted molar refractivity (Wildman–Crippen MR) is 57.6 cm³/mol. The van der Waals surface area contributed by atoms with Crippen molar-refractivity contribution in [1.82, 2.24) is 5.32 Å². The van der Waals surface area contributed by atoms with E-state index in [9.17, 15) is 0 Å². The molecule has 0 radical (unpaired) electrons. The van der Waals surface area contributed by atoms with Gasteiger partial charge in [-0.05, 0) is 18.4 Å². The Kier molecular flexibility index (Phi) is 3.74. The highest BCUT2D eigenvalue weighted by atomic mass is 35.5. The molecule has 0 saturated carbocycles. The molecule has 1 saturated heterocycles. The van der Waals surface area contributed by atoms with Crippen molar-refractivity contribution >= 4 is 23.7 Å². The third kappa shape index (κ3) is 2.68. The van der Waals surface area contributed by atoms with E-state index in [-0.39, 0.29) is 18.1 Å². The van der Waals surface area contributed by atoms with Crippen molar-refractivity contribution < 1.29 is 4.74 Å². The Morgan fingerprint density at radius 1 is 1.69 bits per heavy atom. The molecule has 0 aromatic carbocycles. The third-order valence-electron chi connectivity index (χ3n) is 2.11. The average molecular weight is 220 g/mol. The van der Waals surface area contributed by atoms with Gasteiger partial charge in [0.15, 0.2) is 0 Å². The lowest BCUT2D eigenvalue weighted by atomic mass is 10.1. The number of rotatable bonds is 2. The Morgan fingerprint density at radius 3 is 3.08 bits per heavy atom. The first-order valence-corrected chi connectivity index (χ1v) is 5.08. The van der Waals surface area contributed by atoms with Gasteiger partial charge in [0.05, 0.1) is 6.61 Å². The Hall–Kier alpha value is -0.0900. The monoisotopic (exact) mass is 219 g/mol. The lowest BCUT2D eigenvalue weighted by molar-refractivity contribution is 0.00766. The molecule has 1 aromatic rings. The molecule has 0 bridgehead atoms. The van der Waals surface area contributed by atoms with Crippen LogP contribution >= 0.6 is 23.7 Å². The lowest BCUT2D eigenvalue weighted by Crippen LogP contribution is -2.39. The van der Waals surface area contributed by atoms with Crippen molar-refractivity contribution in [3.8, 4) is 0 Å². The molecular weight excluding hydrogens is 206 g/mol. The van der Waals surface area contributed by atoms with Gasteiger partial charge in [0.2, 0.25) is 0 Å². The molecule has 0 aliphatic carbocycles. The summed E-state index contributed by atoms with van der Waals surface area (Å²) in [4.78, 5) is 1.38. The van der Waals surface area contributed by atoms with E-state index >= 15 is 0 Å². The zero-order chi connectivity index (χ0) is 8.44. The fourth-order valence-electron chi connectivity index (χ4n) is 1.50. The largest absolute Gasteiger partial charge is 0.359 e. The zero-order valence-electron chi connectivity index (χ0n) is 7.58. The molecule has 1 aromatic heterocycles. The quantitative estimate of drug-likeness (QED) is 0.822. The van der Waals surface area contributed by atoms with Crippen LogP contribution in [0.15, 0.2) is 17.5 Å². The van der Waals surface area contributed by atoms with E-state index in [1.807, 2.05) is 0 Å². The van der Waals surface area contributed by atoms with E-state index in [1.54, 1.807) is 11.3 Å². The second-order valence-corrected chi connectivity index (χ2v) is 4.29.